The molecule has 0 saturated heterocycles. The lowest BCUT2D eigenvalue weighted by Gasteiger charge is -2.06. The molecular formula is C21H27NO. The molecule has 1 aromatic heterocycles. The Balaban J connectivity index is 0.000000277. The summed E-state index contributed by atoms with van der Waals surface area (Å²) in [6.45, 7) is 5.07. The zero-order chi connectivity index (χ0) is 16.3. The topological polar surface area (TPSA) is 25.0 Å². The van der Waals surface area contributed by atoms with E-state index in [2.05, 4.69) is 37.0 Å². The summed E-state index contributed by atoms with van der Waals surface area (Å²) in [6.07, 6.45) is 7.47. The van der Waals surface area contributed by atoms with Crippen LogP contribution in [0.1, 0.15) is 45.1 Å². The standard InChI is InChI=1S/C15H13NO.C6H14/c1-2-4-12(5-3-1)11-17-14-6-7-15-13(10-14)8-9-16-15;1-3-5-6-4-2/h1-10,16H,11H2;3-6H2,1-2H3. The Hall–Kier alpha value is -2.22. The van der Waals surface area contributed by atoms with E-state index in [0.717, 1.165) is 11.3 Å². The number of hydrogen-bond acceptors (Lipinski definition) is 1. The Kier molecular flexibility index (Phi) is 7.25. The second kappa shape index (κ2) is 9.73. The maximum atomic E-state index is 5.76. The molecule has 0 bridgehead atoms. The number of aromatic nitrogens is 1. The summed E-state index contributed by atoms with van der Waals surface area (Å²) in [5.74, 6) is 0.904. The highest BCUT2D eigenvalue weighted by molar-refractivity contribution is 5.80. The number of hydrogen-bond donors (Lipinski definition) is 1. The van der Waals surface area contributed by atoms with Gasteiger partial charge < -0.3 is 9.72 Å². The van der Waals surface area contributed by atoms with Gasteiger partial charge in [-0.15, -0.1) is 0 Å². The number of H-pyrrole nitrogens is 1. The Morgan fingerprint density at radius 3 is 2.30 bits per heavy atom. The normalized spacial score (nSPS) is 10.2. The van der Waals surface area contributed by atoms with Crippen molar-refractivity contribution in [2.45, 2.75) is 46.1 Å². The number of aromatic amines is 1. The van der Waals surface area contributed by atoms with Crippen LogP contribution in [-0.2, 0) is 6.61 Å². The molecule has 0 spiro atoms. The molecule has 1 heterocycles. The van der Waals surface area contributed by atoms with Gasteiger partial charge in [-0.2, -0.15) is 0 Å². The summed E-state index contributed by atoms with van der Waals surface area (Å²) in [5, 5.41) is 1.18. The lowest BCUT2D eigenvalue weighted by Crippen LogP contribution is -1.94. The molecule has 0 atom stereocenters. The number of unbranched alkanes of at least 4 members (excludes halogenated alkanes) is 3. The van der Waals surface area contributed by atoms with Gasteiger partial charge in [0.05, 0.1) is 0 Å². The zero-order valence-electron chi connectivity index (χ0n) is 14.2. The van der Waals surface area contributed by atoms with Crippen molar-refractivity contribution in [2.75, 3.05) is 0 Å². The van der Waals surface area contributed by atoms with Crippen LogP contribution in [0.5, 0.6) is 5.75 Å². The summed E-state index contributed by atoms with van der Waals surface area (Å²) >= 11 is 0. The van der Waals surface area contributed by atoms with E-state index in [9.17, 15) is 0 Å². The van der Waals surface area contributed by atoms with Crippen molar-refractivity contribution in [2.24, 2.45) is 0 Å². The van der Waals surface area contributed by atoms with Gasteiger partial charge in [-0.1, -0.05) is 69.9 Å². The molecule has 122 valence electrons. The first-order valence-corrected chi connectivity index (χ1v) is 8.57. The number of nitrogens with one attached hydrogen (secondary N) is 1. The van der Waals surface area contributed by atoms with Crippen molar-refractivity contribution >= 4 is 10.9 Å². The van der Waals surface area contributed by atoms with Crippen LogP contribution in [0.25, 0.3) is 10.9 Å². The Morgan fingerprint density at radius 1 is 0.870 bits per heavy atom. The van der Waals surface area contributed by atoms with Gasteiger partial charge in [-0.05, 0) is 29.8 Å². The predicted molar refractivity (Wildman–Crippen MR) is 98.9 cm³/mol. The Bertz CT molecular complexity index is 668. The van der Waals surface area contributed by atoms with Crippen LogP contribution in [-0.4, -0.2) is 4.98 Å². The highest BCUT2D eigenvalue weighted by atomic mass is 16.5. The summed E-state index contributed by atoms with van der Waals surface area (Å²) in [7, 11) is 0. The van der Waals surface area contributed by atoms with E-state index in [1.54, 1.807) is 0 Å². The fourth-order valence-corrected chi connectivity index (χ4v) is 2.36. The van der Waals surface area contributed by atoms with Crippen molar-refractivity contribution < 1.29 is 4.74 Å². The van der Waals surface area contributed by atoms with Gasteiger partial charge >= 0.3 is 0 Å². The van der Waals surface area contributed by atoms with Crippen molar-refractivity contribution in [3.05, 3.63) is 66.4 Å². The monoisotopic (exact) mass is 309 g/mol. The lowest BCUT2D eigenvalue weighted by molar-refractivity contribution is 0.306. The molecule has 2 heteroatoms. The van der Waals surface area contributed by atoms with Gasteiger partial charge in [-0.25, -0.2) is 0 Å². The fourth-order valence-electron chi connectivity index (χ4n) is 2.36. The number of fused-ring (bicyclic) bond motifs is 1. The Labute approximate surface area is 139 Å². The van der Waals surface area contributed by atoms with Crippen LogP contribution < -0.4 is 4.74 Å². The van der Waals surface area contributed by atoms with Crippen LogP contribution in [0.3, 0.4) is 0 Å². The predicted octanol–water partition coefficient (Wildman–Crippen LogP) is 6.33. The third-order valence-electron chi connectivity index (χ3n) is 3.73. The minimum atomic E-state index is 0.608. The van der Waals surface area contributed by atoms with E-state index >= 15 is 0 Å². The van der Waals surface area contributed by atoms with E-state index in [0.29, 0.717) is 6.61 Å². The van der Waals surface area contributed by atoms with Gasteiger partial charge in [0, 0.05) is 17.1 Å². The van der Waals surface area contributed by atoms with Crippen molar-refractivity contribution in [1.82, 2.24) is 4.98 Å². The van der Waals surface area contributed by atoms with Gasteiger partial charge in [0.15, 0.2) is 0 Å². The maximum absolute atomic E-state index is 5.76. The molecule has 2 aromatic carbocycles. The highest BCUT2D eigenvalue weighted by Gasteiger charge is 1.98. The molecular weight excluding hydrogens is 282 g/mol. The second-order valence-corrected chi connectivity index (χ2v) is 5.71. The van der Waals surface area contributed by atoms with Crippen LogP contribution in [0, 0.1) is 0 Å². The maximum Gasteiger partial charge on any atom is 0.120 e. The average Bonchev–Trinajstić information content (AvgIpc) is 3.07. The van der Waals surface area contributed by atoms with Crippen LogP contribution in [0.2, 0.25) is 0 Å². The van der Waals surface area contributed by atoms with E-state index in [4.69, 9.17) is 4.74 Å². The summed E-state index contributed by atoms with van der Waals surface area (Å²) in [6, 6.07) is 18.3. The van der Waals surface area contributed by atoms with Crippen LogP contribution in [0.15, 0.2) is 60.8 Å². The molecule has 3 rings (SSSR count). The largest absolute Gasteiger partial charge is 0.489 e. The molecule has 23 heavy (non-hydrogen) atoms. The van der Waals surface area contributed by atoms with E-state index in [1.807, 2.05) is 42.6 Å². The van der Waals surface area contributed by atoms with Crippen LogP contribution in [0.4, 0.5) is 0 Å². The minimum absolute atomic E-state index is 0.608. The zero-order valence-corrected chi connectivity index (χ0v) is 14.2. The third kappa shape index (κ3) is 5.82. The first-order valence-electron chi connectivity index (χ1n) is 8.57. The van der Waals surface area contributed by atoms with E-state index < -0.39 is 0 Å². The molecule has 3 aromatic rings. The van der Waals surface area contributed by atoms with Gasteiger partial charge in [0.1, 0.15) is 12.4 Å². The fraction of sp³-hybridized carbons (Fsp3) is 0.333. The first-order chi connectivity index (χ1) is 11.3. The van der Waals surface area contributed by atoms with E-state index in [-0.39, 0.29) is 0 Å². The molecule has 0 aliphatic carbocycles. The summed E-state index contributed by atoms with van der Waals surface area (Å²) < 4.78 is 5.76. The second-order valence-electron chi connectivity index (χ2n) is 5.71. The lowest BCUT2D eigenvalue weighted by atomic mass is 10.2. The molecule has 0 saturated carbocycles. The smallest absolute Gasteiger partial charge is 0.120 e. The minimum Gasteiger partial charge on any atom is -0.489 e. The Morgan fingerprint density at radius 2 is 1.61 bits per heavy atom. The first kappa shape index (κ1) is 17.1. The molecule has 0 radical (unpaired) electrons. The van der Waals surface area contributed by atoms with Crippen LogP contribution >= 0.6 is 0 Å². The average molecular weight is 309 g/mol. The molecule has 1 N–H and O–H groups in total. The van der Waals surface area contributed by atoms with E-state index in [1.165, 1.54) is 36.6 Å². The SMILES string of the molecule is CCCCCC.c1ccc(COc2ccc3[nH]ccc3c2)cc1. The quantitative estimate of drug-likeness (QED) is 0.528. The van der Waals surface area contributed by atoms with Gasteiger partial charge in [0.25, 0.3) is 0 Å². The van der Waals surface area contributed by atoms with Crippen molar-refractivity contribution in [3.63, 3.8) is 0 Å². The summed E-state index contributed by atoms with van der Waals surface area (Å²) in [5.41, 5.74) is 2.32. The van der Waals surface area contributed by atoms with Crippen molar-refractivity contribution in [1.29, 1.82) is 0 Å². The third-order valence-corrected chi connectivity index (χ3v) is 3.73. The molecule has 2 nitrogen and oxygen atoms in total. The molecule has 0 aliphatic heterocycles. The summed E-state index contributed by atoms with van der Waals surface area (Å²) in [4.78, 5) is 3.16. The molecule has 0 aliphatic rings. The van der Waals surface area contributed by atoms with Gasteiger partial charge in [0.2, 0.25) is 0 Å². The molecule has 0 fully saturated rings. The van der Waals surface area contributed by atoms with Crippen molar-refractivity contribution in [3.8, 4) is 5.75 Å². The van der Waals surface area contributed by atoms with Gasteiger partial charge in [-0.3, -0.25) is 0 Å². The number of ether oxygens (including phenoxy) is 1. The number of rotatable bonds is 6. The highest BCUT2D eigenvalue weighted by Crippen LogP contribution is 2.20. The molecule has 0 amide bonds. The molecule has 0 unspecified atom stereocenters. The number of benzene rings is 2.